The summed E-state index contributed by atoms with van der Waals surface area (Å²) < 4.78 is 5.44. The Morgan fingerprint density at radius 1 is 1.12 bits per heavy atom. The Bertz CT molecular complexity index is 865. The average Bonchev–Trinajstić information content (AvgIpc) is 3.32. The molecular weight excluding hydrogens is 314 g/mol. The van der Waals surface area contributed by atoms with E-state index in [0.29, 0.717) is 5.92 Å². The van der Waals surface area contributed by atoms with Crippen LogP contribution in [0.4, 0.5) is 0 Å². The number of nitrogens with one attached hydrogen (secondary N) is 1. The monoisotopic (exact) mass is 335 g/mol. The average molecular weight is 335 g/mol. The van der Waals surface area contributed by atoms with Crippen molar-refractivity contribution in [2.24, 2.45) is 0 Å². The van der Waals surface area contributed by atoms with Crippen LogP contribution >= 0.6 is 0 Å². The number of nitrogens with zero attached hydrogens (tertiary/aromatic N) is 4. The lowest BCUT2D eigenvalue weighted by Gasteiger charge is -2.17. The fraction of sp³-hybridized carbons (Fsp3) is 0.421. The third-order valence-electron chi connectivity index (χ3n) is 5.14. The first-order valence-electron chi connectivity index (χ1n) is 9.03. The van der Waals surface area contributed by atoms with E-state index in [9.17, 15) is 0 Å². The zero-order valence-electron chi connectivity index (χ0n) is 14.1. The third-order valence-corrected chi connectivity index (χ3v) is 5.14. The zero-order valence-corrected chi connectivity index (χ0v) is 14.1. The number of hydrogen-bond donors (Lipinski definition) is 1. The van der Waals surface area contributed by atoms with Gasteiger partial charge in [-0.25, -0.2) is 0 Å². The molecule has 1 N–H and O–H groups in total. The first-order chi connectivity index (χ1) is 12.4. The van der Waals surface area contributed by atoms with Crippen molar-refractivity contribution in [3.8, 4) is 11.3 Å². The largest absolute Gasteiger partial charge is 0.338 e. The van der Waals surface area contributed by atoms with Crippen LogP contribution in [0.1, 0.15) is 41.7 Å². The summed E-state index contributed by atoms with van der Waals surface area (Å²) in [7, 11) is 0. The minimum Gasteiger partial charge on any atom is -0.338 e. The molecule has 1 aromatic carbocycles. The molecule has 0 atom stereocenters. The van der Waals surface area contributed by atoms with Crippen molar-refractivity contribution in [3.05, 3.63) is 53.3 Å². The van der Waals surface area contributed by atoms with Crippen LogP contribution in [0.5, 0.6) is 0 Å². The van der Waals surface area contributed by atoms with Gasteiger partial charge in [0.05, 0.1) is 12.2 Å². The maximum absolute atomic E-state index is 5.44. The SMILES string of the molecule is c1ccc(-c2n[nH]c3c2CCN(Cc2nc(C4CC4)no2)CC3)cc1. The molecule has 5 rings (SSSR count). The van der Waals surface area contributed by atoms with Gasteiger partial charge in [0.1, 0.15) is 0 Å². The Morgan fingerprint density at radius 2 is 1.96 bits per heavy atom. The number of benzene rings is 1. The summed E-state index contributed by atoms with van der Waals surface area (Å²) in [5.74, 6) is 2.18. The van der Waals surface area contributed by atoms with E-state index in [1.165, 1.54) is 29.7 Å². The van der Waals surface area contributed by atoms with Gasteiger partial charge in [0.15, 0.2) is 5.82 Å². The highest BCUT2D eigenvalue weighted by atomic mass is 16.5. The summed E-state index contributed by atoms with van der Waals surface area (Å²) in [5, 5.41) is 11.9. The highest BCUT2D eigenvalue weighted by Gasteiger charge is 2.29. The molecule has 0 unspecified atom stereocenters. The van der Waals surface area contributed by atoms with Gasteiger partial charge in [-0.05, 0) is 19.3 Å². The van der Waals surface area contributed by atoms with Crippen molar-refractivity contribution >= 4 is 0 Å². The number of rotatable bonds is 4. The lowest BCUT2D eigenvalue weighted by atomic mass is 10.0. The van der Waals surface area contributed by atoms with Crippen molar-refractivity contribution in [2.75, 3.05) is 13.1 Å². The van der Waals surface area contributed by atoms with Crippen LogP contribution < -0.4 is 0 Å². The fourth-order valence-electron chi connectivity index (χ4n) is 3.55. The molecule has 1 aliphatic carbocycles. The summed E-state index contributed by atoms with van der Waals surface area (Å²) in [4.78, 5) is 6.95. The molecule has 25 heavy (non-hydrogen) atoms. The van der Waals surface area contributed by atoms with E-state index in [-0.39, 0.29) is 0 Å². The summed E-state index contributed by atoms with van der Waals surface area (Å²) >= 11 is 0. The highest BCUT2D eigenvalue weighted by molar-refractivity contribution is 5.64. The topological polar surface area (TPSA) is 70.8 Å². The summed E-state index contributed by atoms with van der Waals surface area (Å²) in [5.41, 5.74) is 4.87. The Morgan fingerprint density at radius 3 is 2.80 bits per heavy atom. The molecule has 0 saturated heterocycles. The van der Waals surface area contributed by atoms with E-state index in [1.54, 1.807) is 0 Å². The zero-order chi connectivity index (χ0) is 16.6. The molecule has 0 amide bonds. The van der Waals surface area contributed by atoms with E-state index in [2.05, 4.69) is 49.5 Å². The molecule has 2 aromatic heterocycles. The van der Waals surface area contributed by atoms with Crippen molar-refractivity contribution in [2.45, 2.75) is 38.1 Å². The molecule has 1 fully saturated rings. The van der Waals surface area contributed by atoms with Gasteiger partial charge in [-0.3, -0.25) is 10.00 Å². The van der Waals surface area contributed by atoms with Crippen LogP contribution in [-0.4, -0.2) is 38.3 Å². The molecular formula is C19H21N5O. The Labute approximate surface area is 146 Å². The van der Waals surface area contributed by atoms with E-state index >= 15 is 0 Å². The van der Waals surface area contributed by atoms with Crippen molar-refractivity contribution in [1.29, 1.82) is 0 Å². The van der Waals surface area contributed by atoms with E-state index in [0.717, 1.165) is 49.9 Å². The Balaban J connectivity index is 1.30. The number of aromatic amines is 1. The minimum absolute atomic E-state index is 0.543. The van der Waals surface area contributed by atoms with Crippen LogP contribution in [-0.2, 0) is 19.4 Å². The molecule has 1 aliphatic heterocycles. The van der Waals surface area contributed by atoms with Gasteiger partial charge in [0.25, 0.3) is 0 Å². The first kappa shape index (κ1) is 14.8. The standard InChI is InChI=1S/C19H21N5O/c1-2-4-13(5-3-1)18-15-8-10-24(11-9-16(15)21-22-18)12-17-20-19(23-25-17)14-6-7-14/h1-5,14H,6-12H2,(H,21,22). The van der Waals surface area contributed by atoms with Crippen molar-refractivity contribution in [3.63, 3.8) is 0 Å². The molecule has 0 bridgehead atoms. The van der Waals surface area contributed by atoms with Gasteiger partial charge in [0, 0.05) is 42.2 Å². The molecule has 3 heterocycles. The lowest BCUT2D eigenvalue weighted by molar-refractivity contribution is 0.234. The Hall–Kier alpha value is -2.47. The van der Waals surface area contributed by atoms with E-state index < -0.39 is 0 Å². The van der Waals surface area contributed by atoms with Gasteiger partial charge < -0.3 is 4.52 Å². The minimum atomic E-state index is 0.543. The van der Waals surface area contributed by atoms with Crippen molar-refractivity contribution in [1.82, 2.24) is 25.2 Å². The third kappa shape index (κ3) is 2.98. The van der Waals surface area contributed by atoms with Gasteiger partial charge in [-0.1, -0.05) is 35.5 Å². The van der Waals surface area contributed by atoms with E-state index in [4.69, 9.17) is 4.52 Å². The summed E-state index contributed by atoms with van der Waals surface area (Å²) in [6, 6.07) is 10.4. The molecule has 2 aliphatic rings. The molecule has 1 saturated carbocycles. The maximum atomic E-state index is 5.44. The number of H-pyrrole nitrogens is 1. The Kier molecular flexibility index (Phi) is 3.63. The molecule has 6 heteroatoms. The second-order valence-electron chi connectivity index (χ2n) is 6.99. The fourth-order valence-corrected chi connectivity index (χ4v) is 3.55. The van der Waals surface area contributed by atoms with Crippen LogP contribution in [0.2, 0.25) is 0 Å². The van der Waals surface area contributed by atoms with Crippen LogP contribution in [0, 0.1) is 0 Å². The van der Waals surface area contributed by atoms with Crippen LogP contribution in [0.3, 0.4) is 0 Å². The smallest absolute Gasteiger partial charge is 0.240 e. The van der Waals surface area contributed by atoms with Gasteiger partial charge in [-0.15, -0.1) is 0 Å². The lowest BCUT2D eigenvalue weighted by Crippen LogP contribution is -2.26. The molecule has 3 aromatic rings. The normalized spacial score (nSPS) is 18.1. The maximum Gasteiger partial charge on any atom is 0.240 e. The molecule has 0 radical (unpaired) electrons. The number of fused-ring (bicyclic) bond motifs is 1. The van der Waals surface area contributed by atoms with Gasteiger partial charge in [0.2, 0.25) is 5.89 Å². The summed E-state index contributed by atoms with van der Waals surface area (Å²) in [6.45, 7) is 2.69. The molecule has 6 nitrogen and oxygen atoms in total. The number of hydrogen-bond acceptors (Lipinski definition) is 5. The molecule has 0 spiro atoms. The highest BCUT2D eigenvalue weighted by Crippen LogP contribution is 2.38. The first-order valence-corrected chi connectivity index (χ1v) is 9.03. The second kappa shape index (κ2) is 6.11. The number of aromatic nitrogens is 4. The second-order valence-corrected chi connectivity index (χ2v) is 6.99. The van der Waals surface area contributed by atoms with Gasteiger partial charge >= 0.3 is 0 Å². The van der Waals surface area contributed by atoms with E-state index in [1.807, 2.05) is 6.07 Å². The van der Waals surface area contributed by atoms with Crippen molar-refractivity contribution < 1.29 is 4.52 Å². The quantitative estimate of drug-likeness (QED) is 0.794. The summed E-state index contributed by atoms with van der Waals surface area (Å²) in [6.07, 6.45) is 4.36. The van der Waals surface area contributed by atoms with Gasteiger partial charge in [-0.2, -0.15) is 10.1 Å². The predicted octanol–water partition coefficient (Wildman–Crippen LogP) is 2.94. The van der Waals surface area contributed by atoms with Crippen LogP contribution in [0.15, 0.2) is 34.9 Å². The van der Waals surface area contributed by atoms with Crippen LogP contribution in [0.25, 0.3) is 11.3 Å². The molecule has 128 valence electrons. The predicted molar refractivity (Wildman–Crippen MR) is 93.0 cm³/mol.